The average molecular weight is 553 g/mol. The second-order valence-electron chi connectivity index (χ2n) is 7.96. The van der Waals surface area contributed by atoms with E-state index in [0.29, 0.717) is 22.6 Å². The summed E-state index contributed by atoms with van der Waals surface area (Å²) < 4.78 is 0. The van der Waals surface area contributed by atoms with Crippen molar-refractivity contribution < 1.29 is 14.5 Å². The van der Waals surface area contributed by atoms with Crippen LogP contribution in [-0.4, -0.2) is 26.7 Å². The molecule has 194 valence electrons. The molecule has 0 spiro atoms. The molecule has 10 nitrogen and oxygen atoms in total. The number of nitro benzene ring substituents is 1. The van der Waals surface area contributed by atoms with Gasteiger partial charge in [-0.2, -0.15) is 0 Å². The molecular formula is C26H22Cl2N6O4. The predicted molar refractivity (Wildman–Crippen MR) is 148 cm³/mol. The minimum atomic E-state index is -0.602. The van der Waals surface area contributed by atoms with Gasteiger partial charge in [0.15, 0.2) is 10.3 Å². The van der Waals surface area contributed by atoms with Crippen LogP contribution in [0.5, 0.6) is 0 Å². The number of carbonyl (C=O) groups excluding carboxylic acids is 2. The van der Waals surface area contributed by atoms with Crippen LogP contribution < -0.4 is 16.4 Å². The smallest absolute Gasteiger partial charge is 0.282 e. The van der Waals surface area contributed by atoms with E-state index in [1.54, 1.807) is 55.6 Å². The first-order valence-corrected chi connectivity index (χ1v) is 11.8. The van der Waals surface area contributed by atoms with Crippen molar-refractivity contribution in [3.8, 4) is 0 Å². The number of anilines is 3. The molecule has 0 aliphatic rings. The van der Waals surface area contributed by atoms with Gasteiger partial charge in [-0.05, 0) is 61.9 Å². The lowest BCUT2D eigenvalue weighted by molar-refractivity contribution is -0.385. The Morgan fingerprint density at radius 2 is 1.29 bits per heavy atom. The number of carbonyl (C=O) groups is 2. The van der Waals surface area contributed by atoms with Crippen molar-refractivity contribution in [2.24, 2.45) is 0 Å². The summed E-state index contributed by atoms with van der Waals surface area (Å²) in [5, 5.41) is 16.5. The van der Waals surface area contributed by atoms with Crippen LogP contribution in [0.15, 0.2) is 73.1 Å². The van der Waals surface area contributed by atoms with Gasteiger partial charge in [-0.1, -0.05) is 40.9 Å². The number of halogens is 2. The van der Waals surface area contributed by atoms with E-state index in [-0.39, 0.29) is 27.5 Å². The number of amides is 2. The van der Waals surface area contributed by atoms with Gasteiger partial charge in [0.05, 0.1) is 21.9 Å². The third kappa shape index (κ3) is 7.25. The van der Waals surface area contributed by atoms with Crippen LogP contribution in [0.4, 0.5) is 22.7 Å². The molecule has 2 aromatic carbocycles. The molecule has 0 aliphatic carbocycles. The zero-order valence-electron chi connectivity index (χ0n) is 20.2. The Balaban J connectivity index is 0.000000212. The zero-order chi connectivity index (χ0) is 27.8. The van der Waals surface area contributed by atoms with Gasteiger partial charge in [-0.15, -0.1) is 0 Å². The highest BCUT2D eigenvalue weighted by Crippen LogP contribution is 2.24. The van der Waals surface area contributed by atoms with Crippen LogP contribution in [0.1, 0.15) is 31.8 Å². The lowest BCUT2D eigenvalue weighted by Crippen LogP contribution is -2.14. The van der Waals surface area contributed by atoms with Gasteiger partial charge in [-0.25, -0.2) is 9.97 Å². The van der Waals surface area contributed by atoms with Gasteiger partial charge in [0.2, 0.25) is 0 Å². The molecule has 0 atom stereocenters. The molecule has 4 N–H and O–H groups in total. The number of hydrogen-bond donors (Lipinski definition) is 3. The van der Waals surface area contributed by atoms with Gasteiger partial charge in [0, 0.05) is 24.1 Å². The Kier molecular flexibility index (Phi) is 9.31. The maximum absolute atomic E-state index is 12.1. The number of aryl methyl sites for hydroxylation is 2. The quantitative estimate of drug-likeness (QED) is 0.117. The second-order valence-corrected chi connectivity index (χ2v) is 8.68. The lowest BCUT2D eigenvalue weighted by atomic mass is 10.1. The number of nitrogen functional groups attached to an aromatic ring is 1. The fourth-order valence-corrected chi connectivity index (χ4v) is 3.53. The summed E-state index contributed by atoms with van der Waals surface area (Å²) in [6, 6.07) is 16.2. The summed E-state index contributed by atoms with van der Waals surface area (Å²) in [5.41, 5.74) is 8.83. The Morgan fingerprint density at radius 1 is 0.816 bits per heavy atom. The highest BCUT2D eigenvalue weighted by molar-refractivity contribution is 6.33. The molecular weight excluding hydrogens is 531 g/mol. The third-order valence-corrected chi connectivity index (χ3v) is 5.66. The van der Waals surface area contributed by atoms with Crippen LogP contribution in [0.25, 0.3) is 0 Å². The van der Waals surface area contributed by atoms with E-state index in [9.17, 15) is 19.7 Å². The molecule has 0 bridgehead atoms. The number of rotatable bonds is 5. The summed E-state index contributed by atoms with van der Waals surface area (Å²) in [6.07, 6.45) is 3.03. The van der Waals surface area contributed by atoms with Gasteiger partial charge in [0.1, 0.15) is 5.56 Å². The summed E-state index contributed by atoms with van der Waals surface area (Å²) in [4.78, 5) is 42.3. The van der Waals surface area contributed by atoms with Crippen molar-refractivity contribution in [1.82, 2.24) is 9.97 Å². The molecule has 2 heterocycles. The van der Waals surface area contributed by atoms with Gasteiger partial charge < -0.3 is 16.4 Å². The van der Waals surface area contributed by atoms with E-state index in [2.05, 4.69) is 20.6 Å². The Bertz CT molecular complexity index is 1510. The summed E-state index contributed by atoms with van der Waals surface area (Å²) in [7, 11) is 0. The number of pyridine rings is 2. The molecule has 0 radical (unpaired) electrons. The number of nitrogens with one attached hydrogen (secondary N) is 2. The second kappa shape index (κ2) is 12.6. The zero-order valence-corrected chi connectivity index (χ0v) is 21.7. The number of nitrogens with two attached hydrogens (primary N) is 1. The molecule has 4 rings (SSSR count). The molecule has 0 saturated carbocycles. The molecule has 2 aromatic heterocycles. The van der Waals surface area contributed by atoms with E-state index < -0.39 is 10.8 Å². The van der Waals surface area contributed by atoms with Crippen molar-refractivity contribution in [2.45, 2.75) is 13.8 Å². The van der Waals surface area contributed by atoms with Crippen LogP contribution >= 0.6 is 23.2 Å². The highest BCUT2D eigenvalue weighted by atomic mass is 35.5. The summed E-state index contributed by atoms with van der Waals surface area (Å²) in [6.45, 7) is 3.64. The number of benzene rings is 2. The van der Waals surface area contributed by atoms with E-state index in [4.69, 9.17) is 28.9 Å². The van der Waals surface area contributed by atoms with Crippen molar-refractivity contribution in [1.29, 1.82) is 0 Å². The summed E-state index contributed by atoms with van der Waals surface area (Å²) >= 11 is 11.7. The topological polar surface area (TPSA) is 153 Å². The van der Waals surface area contributed by atoms with Crippen LogP contribution in [0, 0.1) is 24.0 Å². The first kappa shape index (κ1) is 28.0. The Hall–Kier alpha value is -4.54. The highest BCUT2D eigenvalue weighted by Gasteiger charge is 2.21. The maximum atomic E-state index is 12.1. The summed E-state index contributed by atoms with van der Waals surface area (Å²) in [5.74, 6) is -0.901. The fourth-order valence-electron chi connectivity index (χ4n) is 3.20. The van der Waals surface area contributed by atoms with Crippen LogP contribution in [-0.2, 0) is 0 Å². The first-order valence-electron chi connectivity index (χ1n) is 11.0. The van der Waals surface area contributed by atoms with Crippen molar-refractivity contribution in [3.05, 3.63) is 116 Å². The molecule has 0 unspecified atom stereocenters. The first-order chi connectivity index (χ1) is 18.1. The number of hydrogen-bond acceptors (Lipinski definition) is 7. The molecule has 4 aromatic rings. The SMILES string of the molecule is Cc1ccc(N)c(C(=O)Nc2cccnc2Cl)c1.Cc1ccc([N+](=O)[O-])c(C(=O)Nc2cccnc2Cl)c1. The van der Waals surface area contributed by atoms with Crippen molar-refractivity contribution >= 4 is 57.8 Å². The standard InChI is InChI=1S/C13H10ClN3O3.C13H12ClN3O/c1-8-4-5-11(17(19)20)9(7-8)13(18)16-10-3-2-6-15-12(10)14;1-8-4-5-10(15)9(7-8)13(18)17-11-3-2-6-16-12(11)14/h2-7H,1H3,(H,16,18);2-7H,15H2,1H3,(H,17,18). The molecule has 12 heteroatoms. The molecule has 2 amide bonds. The normalized spacial score (nSPS) is 10.1. The van der Waals surface area contributed by atoms with Crippen molar-refractivity contribution in [3.63, 3.8) is 0 Å². The van der Waals surface area contributed by atoms with Crippen molar-refractivity contribution in [2.75, 3.05) is 16.4 Å². The number of aromatic nitrogens is 2. The molecule has 0 fully saturated rings. The van der Waals surface area contributed by atoms with Crippen LogP contribution in [0.3, 0.4) is 0 Å². The molecule has 0 aliphatic heterocycles. The Morgan fingerprint density at radius 3 is 1.79 bits per heavy atom. The lowest BCUT2D eigenvalue weighted by Gasteiger charge is -2.09. The predicted octanol–water partition coefficient (Wildman–Crippen LogP) is 6.08. The number of nitro groups is 1. The van der Waals surface area contributed by atoms with E-state index >= 15 is 0 Å². The van der Waals surface area contributed by atoms with Gasteiger partial charge in [-0.3, -0.25) is 19.7 Å². The Labute approximate surface area is 228 Å². The van der Waals surface area contributed by atoms with Gasteiger partial charge in [0.25, 0.3) is 17.5 Å². The number of nitrogens with zero attached hydrogens (tertiary/aromatic N) is 3. The minimum Gasteiger partial charge on any atom is -0.398 e. The third-order valence-electron chi connectivity index (χ3n) is 5.06. The van der Waals surface area contributed by atoms with E-state index in [0.717, 1.165) is 11.1 Å². The molecule has 0 saturated heterocycles. The molecule has 38 heavy (non-hydrogen) atoms. The van der Waals surface area contributed by atoms with E-state index in [1.165, 1.54) is 18.3 Å². The monoisotopic (exact) mass is 552 g/mol. The fraction of sp³-hybridized carbons (Fsp3) is 0.0769. The van der Waals surface area contributed by atoms with Gasteiger partial charge >= 0.3 is 0 Å². The minimum absolute atomic E-state index is 0.0186. The van der Waals surface area contributed by atoms with E-state index in [1.807, 2.05) is 13.0 Å². The van der Waals surface area contributed by atoms with Crippen LogP contribution in [0.2, 0.25) is 10.3 Å². The average Bonchev–Trinajstić information content (AvgIpc) is 2.88. The largest absolute Gasteiger partial charge is 0.398 e. The maximum Gasteiger partial charge on any atom is 0.282 e.